The SMILES string of the molecule is CC(C)C(=O)Cn1cc(C(C)C)nn1. The highest BCUT2D eigenvalue weighted by Crippen LogP contribution is 2.09. The number of hydrogen-bond acceptors (Lipinski definition) is 3. The molecule has 0 spiro atoms. The van der Waals surface area contributed by atoms with E-state index in [0.29, 0.717) is 12.5 Å². The Labute approximate surface area is 84.3 Å². The minimum atomic E-state index is 0.0571. The van der Waals surface area contributed by atoms with E-state index in [4.69, 9.17) is 0 Å². The third-order valence-electron chi connectivity index (χ3n) is 2.11. The fraction of sp³-hybridized carbons (Fsp3) is 0.700. The second kappa shape index (κ2) is 4.35. The third kappa shape index (κ3) is 2.65. The fourth-order valence-electron chi connectivity index (χ4n) is 0.997. The number of aromatic nitrogens is 3. The summed E-state index contributed by atoms with van der Waals surface area (Å²) in [6.45, 7) is 8.22. The summed E-state index contributed by atoms with van der Waals surface area (Å²) in [5.74, 6) is 0.602. The molecular formula is C10H17N3O. The first-order chi connectivity index (χ1) is 6.50. The monoisotopic (exact) mass is 195 g/mol. The molecule has 0 aliphatic carbocycles. The Morgan fingerprint density at radius 1 is 1.43 bits per heavy atom. The first-order valence-electron chi connectivity index (χ1n) is 4.93. The van der Waals surface area contributed by atoms with Crippen LogP contribution in [0.3, 0.4) is 0 Å². The van der Waals surface area contributed by atoms with Crippen molar-refractivity contribution in [3.05, 3.63) is 11.9 Å². The summed E-state index contributed by atoms with van der Waals surface area (Å²) in [6, 6.07) is 0. The average molecular weight is 195 g/mol. The quantitative estimate of drug-likeness (QED) is 0.733. The van der Waals surface area contributed by atoms with E-state index in [1.54, 1.807) is 4.68 Å². The number of nitrogens with zero attached hydrogens (tertiary/aromatic N) is 3. The van der Waals surface area contributed by atoms with E-state index in [2.05, 4.69) is 24.2 Å². The molecule has 4 nitrogen and oxygen atoms in total. The third-order valence-corrected chi connectivity index (χ3v) is 2.11. The van der Waals surface area contributed by atoms with E-state index in [9.17, 15) is 4.79 Å². The van der Waals surface area contributed by atoms with Crippen molar-refractivity contribution in [1.82, 2.24) is 15.0 Å². The molecule has 0 atom stereocenters. The second-order valence-corrected chi connectivity index (χ2v) is 4.12. The van der Waals surface area contributed by atoms with E-state index < -0.39 is 0 Å². The Hall–Kier alpha value is -1.19. The van der Waals surface area contributed by atoms with Gasteiger partial charge in [0, 0.05) is 12.1 Å². The van der Waals surface area contributed by atoms with Gasteiger partial charge < -0.3 is 0 Å². The lowest BCUT2D eigenvalue weighted by molar-refractivity contribution is -0.122. The van der Waals surface area contributed by atoms with E-state index >= 15 is 0 Å². The molecule has 0 aromatic carbocycles. The van der Waals surface area contributed by atoms with E-state index in [1.165, 1.54) is 0 Å². The lowest BCUT2D eigenvalue weighted by Gasteiger charge is -2.02. The van der Waals surface area contributed by atoms with Gasteiger partial charge in [-0.2, -0.15) is 0 Å². The molecule has 4 heteroatoms. The van der Waals surface area contributed by atoms with Crippen molar-refractivity contribution in [1.29, 1.82) is 0 Å². The maximum atomic E-state index is 11.4. The summed E-state index contributed by atoms with van der Waals surface area (Å²) in [5, 5.41) is 7.89. The van der Waals surface area contributed by atoms with Crippen LogP contribution in [0.15, 0.2) is 6.20 Å². The first kappa shape index (κ1) is 10.9. The molecule has 0 amide bonds. The summed E-state index contributed by atoms with van der Waals surface area (Å²) in [7, 11) is 0. The van der Waals surface area contributed by atoms with Crippen molar-refractivity contribution in [2.45, 2.75) is 40.2 Å². The highest BCUT2D eigenvalue weighted by atomic mass is 16.1. The number of ketones is 1. The van der Waals surface area contributed by atoms with Crippen molar-refractivity contribution in [2.24, 2.45) is 5.92 Å². The number of carbonyl (C=O) groups is 1. The lowest BCUT2D eigenvalue weighted by Crippen LogP contribution is -2.15. The standard InChI is InChI=1S/C10H17N3O/c1-7(2)9-5-13(12-11-9)6-10(14)8(3)4/h5,7-8H,6H2,1-4H3. The predicted molar refractivity (Wildman–Crippen MR) is 54.0 cm³/mol. The Bertz CT molecular complexity index is 315. The second-order valence-electron chi connectivity index (χ2n) is 4.12. The van der Waals surface area contributed by atoms with Crippen LogP contribution in [0.2, 0.25) is 0 Å². The summed E-state index contributed by atoms with van der Waals surface area (Å²) in [6.07, 6.45) is 1.84. The molecule has 1 heterocycles. The summed E-state index contributed by atoms with van der Waals surface area (Å²) in [5.41, 5.74) is 0.932. The maximum absolute atomic E-state index is 11.4. The molecule has 0 fully saturated rings. The number of rotatable bonds is 4. The Morgan fingerprint density at radius 3 is 2.50 bits per heavy atom. The first-order valence-corrected chi connectivity index (χ1v) is 4.93. The molecule has 0 saturated carbocycles. The number of hydrogen-bond donors (Lipinski definition) is 0. The van der Waals surface area contributed by atoms with Crippen LogP contribution in [0.1, 0.15) is 39.3 Å². The minimum absolute atomic E-state index is 0.0571. The van der Waals surface area contributed by atoms with Gasteiger partial charge in [0.25, 0.3) is 0 Å². The maximum Gasteiger partial charge on any atom is 0.156 e. The number of carbonyl (C=O) groups excluding carboxylic acids is 1. The van der Waals surface area contributed by atoms with Gasteiger partial charge in [0.05, 0.1) is 5.69 Å². The van der Waals surface area contributed by atoms with Crippen LogP contribution in [0.4, 0.5) is 0 Å². The van der Waals surface area contributed by atoms with E-state index in [0.717, 1.165) is 5.69 Å². The average Bonchev–Trinajstić information content (AvgIpc) is 2.52. The largest absolute Gasteiger partial charge is 0.297 e. The van der Waals surface area contributed by atoms with Gasteiger partial charge in [-0.1, -0.05) is 32.9 Å². The highest BCUT2D eigenvalue weighted by Gasteiger charge is 2.10. The molecule has 1 rings (SSSR count). The summed E-state index contributed by atoms with van der Waals surface area (Å²) >= 11 is 0. The van der Waals surface area contributed by atoms with Crippen LogP contribution < -0.4 is 0 Å². The van der Waals surface area contributed by atoms with E-state index in [-0.39, 0.29) is 11.7 Å². The molecule has 0 saturated heterocycles. The molecule has 1 aromatic heterocycles. The zero-order chi connectivity index (χ0) is 10.7. The predicted octanol–water partition coefficient (Wildman–Crippen LogP) is 1.63. The lowest BCUT2D eigenvalue weighted by atomic mass is 10.1. The molecule has 14 heavy (non-hydrogen) atoms. The highest BCUT2D eigenvalue weighted by molar-refractivity contribution is 5.79. The normalized spacial score (nSPS) is 11.3. The van der Waals surface area contributed by atoms with Crippen LogP contribution in [-0.2, 0) is 11.3 Å². The zero-order valence-electron chi connectivity index (χ0n) is 9.19. The molecule has 0 unspecified atom stereocenters. The van der Waals surface area contributed by atoms with Gasteiger partial charge in [-0.25, -0.2) is 4.68 Å². The van der Waals surface area contributed by atoms with Crippen LogP contribution in [0.5, 0.6) is 0 Å². The molecule has 1 aromatic rings. The molecule has 0 radical (unpaired) electrons. The van der Waals surface area contributed by atoms with Gasteiger partial charge in [-0.05, 0) is 5.92 Å². The van der Waals surface area contributed by atoms with Gasteiger partial charge in [-0.3, -0.25) is 4.79 Å². The van der Waals surface area contributed by atoms with Gasteiger partial charge in [-0.15, -0.1) is 5.10 Å². The number of Topliss-reactive ketones (excluding diaryl/α,β-unsaturated/α-hetero) is 1. The van der Waals surface area contributed by atoms with Crippen LogP contribution in [0.25, 0.3) is 0 Å². The molecule has 0 aliphatic rings. The van der Waals surface area contributed by atoms with Crippen molar-refractivity contribution >= 4 is 5.78 Å². The smallest absolute Gasteiger partial charge is 0.156 e. The Kier molecular flexibility index (Phi) is 3.38. The summed E-state index contributed by atoms with van der Waals surface area (Å²) < 4.78 is 1.61. The molecule has 78 valence electrons. The van der Waals surface area contributed by atoms with Gasteiger partial charge >= 0.3 is 0 Å². The van der Waals surface area contributed by atoms with Crippen LogP contribution in [0, 0.1) is 5.92 Å². The molecule has 0 aliphatic heterocycles. The minimum Gasteiger partial charge on any atom is -0.297 e. The van der Waals surface area contributed by atoms with Crippen LogP contribution >= 0.6 is 0 Å². The Morgan fingerprint density at radius 2 is 2.07 bits per heavy atom. The zero-order valence-corrected chi connectivity index (χ0v) is 9.19. The molecule has 0 bridgehead atoms. The van der Waals surface area contributed by atoms with Gasteiger partial charge in [0.1, 0.15) is 6.54 Å². The molecular weight excluding hydrogens is 178 g/mol. The topological polar surface area (TPSA) is 47.8 Å². The van der Waals surface area contributed by atoms with Gasteiger partial charge in [0.2, 0.25) is 0 Å². The van der Waals surface area contributed by atoms with Crippen molar-refractivity contribution in [3.8, 4) is 0 Å². The van der Waals surface area contributed by atoms with Crippen molar-refractivity contribution in [3.63, 3.8) is 0 Å². The van der Waals surface area contributed by atoms with Crippen LogP contribution in [-0.4, -0.2) is 20.8 Å². The van der Waals surface area contributed by atoms with Crippen molar-refractivity contribution in [2.75, 3.05) is 0 Å². The van der Waals surface area contributed by atoms with Gasteiger partial charge in [0.15, 0.2) is 5.78 Å². The van der Waals surface area contributed by atoms with Crippen molar-refractivity contribution < 1.29 is 4.79 Å². The fourth-order valence-corrected chi connectivity index (χ4v) is 0.997. The van der Waals surface area contributed by atoms with E-state index in [1.807, 2.05) is 20.0 Å². The Balaban J connectivity index is 2.64. The summed E-state index contributed by atoms with van der Waals surface area (Å²) in [4.78, 5) is 11.4. The molecule has 0 N–H and O–H groups in total.